The van der Waals surface area contributed by atoms with Crippen molar-refractivity contribution in [3.8, 4) is 0 Å². The van der Waals surface area contributed by atoms with Crippen LogP contribution in [-0.4, -0.2) is 24.0 Å². The molecule has 1 fully saturated rings. The zero-order valence-corrected chi connectivity index (χ0v) is 10.4. The molecule has 1 aromatic heterocycles. The molecular weight excluding hydrogens is 238 g/mol. The van der Waals surface area contributed by atoms with Crippen LogP contribution < -0.4 is 10.4 Å². The van der Waals surface area contributed by atoms with Crippen LogP contribution in [0.1, 0.15) is 0 Å². The fraction of sp³-hybridized carbons (Fsp3) is 0.188. The Kier molecular flexibility index (Phi) is 2.31. The second-order valence-corrected chi connectivity index (χ2v) is 4.75. The third-order valence-electron chi connectivity index (χ3n) is 3.59. The predicted molar refractivity (Wildman–Crippen MR) is 72.4 cm³/mol. The van der Waals surface area contributed by atoms with Crippen LogP contribution in [0.4, 0.5) is 0 Å². The van der Waals surface area contributed by atoms with E-state index in [0.717, 1.165) is 16.4 Å². The lowest BCUT2D eigenvalue weighted by Gasteiger charge is -2.24. The first-order valence-corrected chi connectivity index (χ1v) is 6.39. The average Bonchev–Trinajstić information content (AvgIpc) is 2.80. The number of aromatic nitrogens is 1. The van der Waals surface area contributed by atoms with Crippen LogP contribution in [0.15, 0.2) is 54.4 Å². The highest BCUT2D eigenvalue weighted by atomic mass is 16.7. The maximum atomic E-state index is 5.70. The summed E-state index contributed by atoms with van der Waals surface area (Å²) in [7, 11) is 0. The minimum atomic E-state index is -0.671. The summed E-state index contributed by atoms with van der Waals surface area (Å²) in [5.41, 5.74) is 2.28. The van der Waals surface area contributed by atoms with Gasteiger partial charge in [0, 0.05) is 17.6 Å². The Labute approximate surface area is 110 Å². The molecule has 0 amide bonds. The molecule has 0 unspecified atom stereocenters. The molecule has 2 aliphatic carbocycles. The number of allylic oxidation sites excluding steroid dienone is 4. The van der Waals surface area contributed by atoms with Gasteiger partial charge in [0.15, 0.2) is 0 Å². The maximum absolute atomic E-state index is 5.70. The Morgan fingerprint density at radius 1 is 1.16 bits per heavy atom. The van der Waals surface area contributed by atoms with E-state index < -0.39 is 5.79 Å². The number of fused-ring (bicyclic) bond motifs is 2. The second-order valence-electron chi connectivity index (χ2n) is 4.75. The number of ether oxygens (including phenoxy) is 2. The lowest BCUT2D eigenvalue weighted by atomic mass is 9.95. The molecule has 3 heteroatoms. The molecular formula is C16H13NO2. The minimum absolute atomic E-state index is 0.636. The normalized spacial score (nSPS) is 22.5. The van der Waals surface area contributed by atoms with Gasteiger partial charge >= 0.3 is 0 Å². The quantitative estimate of drug-likeness (QED) is 0.684. The summed E-state index contributed by atoms with van der Waals surface area (Å²) in [6.45, 7) is 1.27. The van der Waals surface area contributed by atoms with Gasteiger partial charge in [-0.3, -0.25) is 4.98 Å². The van der Waals surface area contributed by atoms with Crippen LogP contribution in [0.2, 0.25) is 0 Å². The summed E-state index contributed by atoms with van der Waals surface area (Å²) in [5.74, 6) is -0.671. The van der Waals surface area contributed by atoms with Gasteiger partial charge in [0.05, 0.1) is 13.2 Å². The van der Waals surface area contributed by atoms with Gasteiger partial charge in [-0.05, 0) is 34.6 Å². The minimum Gasteiger partial charge on any atom is -0.341 e. The Morgan fingerprint density at radius 3 is 2.95 bits per heavy atom. The van der Waals surface area contributed by atoms with Crippen molar-refractivity contribution in [2.75, 3.05) is 13.2 Å². The lowest BCUT2D eigenvalue weighted by molar-refractivity contribution is -0.0750. The highest BCUT2D eigenvalue weighted by molar-refractivity contribution is 5.80. The molecule has 0 N–H and O–H groups in total. The monoisotopic (exact) mass is 251 g/mol. The maximum Gasteiger partial charge on any atom is 0.209 e. The van der Waals surface area contributed by atoms with Crippen molar-refractivity contribution in [2.45, 2.75) is 5.79 Å². The summed E-state index contributed by atoms with van der Waals surface area (Å²) in [5, 5.41) is 2.32. The van der Waals surface area contributed by atoms with Crippen molar-refractivity contribution in [1.29, 1.82) is 0 Å². The van der Waals surface area contributed by atoms with Gasteiger partial charge < -0.3 is 9.47 Å². The number of pyridine rings is 1. The van der Waals surface area contributed by atoms with Crippen molar-refractivity contribution in [1.82, 2.24) is 4.98 Å². The molecule has 1 spiro atoms. The highest BCUT2D eigenvalue weighted by Gasteiger charge is 2.34. The Balaban J connectivity index is 1.97. The van der Waals surface area contributed by atoms with Gasteiger partial charge in [0.2, 0.25) is 5.79 Å². The SMILES string of the molecule is C1=CC2=CC3(C=CC2=c2cnccc2=C1)OCCO3. The van der Waals surface area contributed by atoms with Crippen LogP contribution >= 0.6 is 0 Å². The molecule has 1 saturated heterocycles. The lowest BCUT2D eigenvalue weighted by Crippen LogP contribution is -2.31. The smallest absolute Gasteiger partial charge is 0.209 e. The van der Waals surface area contributed by atoms with Crippen LogP contribution in [0, 0.1) is 0 Å². The molecule has 0 radical (unpaired) electrons. The van der Waals surface area contributed by atoms with Gasteiger partial charge in [-0.25, -0.2) is 0 Å². The fourth-order valence-corrected chi connectivity index (χ4v) is 2.68. The van der Waals surface area contributed by atoms with E-state index in [1.54, 1.807) is 0 Å². The third-order valence-corrected chi connectivity index (χ3v) is 3.59. The third kappa shape index (κ3) is 1.70. The standard InChI is InChI=1S/C16H13NO2/c1-2-12-5-7-17-11-15(12)14-4-6-16(10-13(14)3-1)18-8-9-19-16/h1-7,10-11H,8-9H2. The van der Waals surface area contributed by atoms with Gasteiger partial charge in [0.25, 0.3) is 0 Å². The van der Waals surface area contributed by atoms with Crippen molar-refractivity contribution < 1.29 is 9.47 Å². The highest BCUT2D eigenvalue weighted by Crippen LogP contribution is 2.32. The molecule has 1 aromatic rings. The average molecular weight is 251 g/mol. The molecule has 1 aliphatic heterocycles. The van der Waals surface area contributed by atoms with E-state index >= 15 is 0 Å². The molecule has 0 aromatic carbocycles. The molecule has 0 saturated carbocycles. The second kappa shape index (κ2) is 4.02. The van der Waals surface area contributed by atoms with Crippen molar-refractivity contribution in [3.05, 3.63) is 64.9 Å². The molecule has 94 valence electrons. The Bertz CT molecular complexity index is 734. The zero-order chi connectivity index (χ0) is 12.7. The fourth-order valence-electron chi connectivity index (χ4n) is 2.68. The molecule has 0 bridgehead atoms. The topological polar surface area (TPSA) is 31.4 Å². The molecule has 3 aliphatic rings. The first kappa shape index (κ1) is 10.9. The first-order chi connectivity index (χ1) is 9.36. The molecule has 4 rings (SSSR count). The Morgan fingerprint density at radius 2 is 2.05 bits per heavy atom. The number of hydrogen-bond donors (Lipinski definition) is 0. The molecule has 0 atom stereocenters. The Hall–Kier alpha value is -1.97. The predicted octanol–water partition coefficient (Wildman–Crippen LogP) is 0.822. The van der Waals surface area contributed by atoms with Crippen LogP contribution in [0.3, 0.4) is 0 Å². The largest absolute Gasteiger partial charge is 0.341 e. The number of rotatable bonds is 0. The summed E-state index contributed by atoms with van der Waals surface area (Å²) in [6.07, 6.45) is 16.1. The summed E-state index contributed by atoms with van der Waals surface area (Å²) in [6, 6.07) is 2.02. The van der Waals surface area contributed by atoms with E-state index in [2.05, 4.69) is 29.3 Å². The van der Waals surface area contributed by atoms with E-state index in [1.807, 2.05) is 30.6 Å². The van der Waals surface area contributed by atoms with Gasteiger partial charge in [-0.1, -0.05) is 24.3 Å². The molecule has 3 nitrogen and oxygen atoms in total. The van der Waals surface area contributed by atoms with E-state index in [0.29, 0.717) is 13.2 Å². The summed E-state index contributed by atoms with van der Waals surface area (Å²) in [4.78, 5) is 4.23. The first-order valence-electron chi connectivity index (χ1n) is 6.39. The van der Waals surface area contributed by atoms with Gasteiger partial charge in [-0.15, -0.1) is 0 Å². The summed E-state index contributed by atoms with van der Waals surface area (Å²) < 4.78 is 11.4. The number of nitrogens with zero attached hydrogens (tertiary/aromatic N) is 1. The van der Waals surface area contributed by atoms with Crippen LogP contribution in [0.5, 0.6) is 0 Å². The van der Waals surface area contributed by atoms with E-state index in [-0.39, 0.29) is 0 Å². The van der Waals surface area contributed by atoms with Crippen molar-refractivity contribution in [3.63, 3.8) is 0 Å². The zero-order valence-electron chi connectivity index (χ0n) is 10.4. The van der Waals surface area contributed by atoms with Crippen molar-refractivity contribution >= 4 is 11.6 Å². The molecule has 19 heavy (non-hydrogen) atoms. The summed E-state index contributed by atoms with van der Waals surface area (Å²) >= 11 is 0. The number of hydrogen-bond acceptors (Lipinski definition) is 3. The van der Waals surface area contributed by atoms with E-state index in [1.165, 1.54) is 5.22 Å². The molecule has 2 heterocycles. The van der Waals surface area contributed by atoms with Gasteiger partial charge in [0.1, 0.15) is 0 Å². The van der Waals surface area contributed by atoms with Crippen LogP contribution in [-0.2, 0) is 9.47 Å². The van der Waals surface area contributed by atoms with E-state index in [9.17, 15) is 0 Å². The van der Waals surface area contributed by atoms with Crippen LogP contribution in [0.25, 0.3) is 11.6 Å². The van der Waals surface area contributed by atoms with Gasteiger partial charge in [-0.2, -0.15) is 0 Å². The van der Waals surface area contributed by atoms with E-state index in [4.69, 9.17) is 9.47 Å². The van der Waals surface area contributed by atoms with Crippen molar-refractivity contribution in [2.24, 2.45) is 0 Å².